The molecule has 0 spiro atoms. The van der Waals surface area contributed by atoms with Crippen LogP contribution in [0.3, 0.4) is 0 Å². The molecule has 0 saturated heterocycles. The zero-order valence-corrected chi connectivity index (χ0v) is 14.5. The highest BCUT2D eigenvalue weighted by molar-refractivity contribution is 6.32. The molecule has 0 atom stereocenters. The second-order valence-corrected chi connectivity index (χ2v) is 5.77. The maximum atomic E-state index is 12.9. The fourth-order valence-corrected chi connectivity index (χ4v) is 2.49. The maximum Gasteiger partial charge on any atom is 0.257 e. The summed E-state index contributed by atoms with van der Waals surface area (Å²) >= 11 is 6.09. The van der Waals surface area contributed by atoms with Gasteiger partial charge in [0.2, 0.25) is 0 Å². The van der Waals surface area contributed by atoms with Crippen molar-refractivity contribution in [2.75, 3.05) is 17.7 Å². The maximum absolute atomic E-state index is 12.9. The minimum absolute atomic E-state index is 0.330. The van der Waals surface area contributed by atoms with Crippen molar-refractivity contribution < 1.29 is 13.9 Å². The summed E-state index contributed by atoms with van der Waals surface area (Å²) in [6.45, 7) is 0. The van der Waals surface area contributed by atoms with E-state index in [9.17, 15) is 9.18 Å². The molecule has 0 unspecified atom stereocenters. The highest BCUT2D eigenvalue weighted by Gasteiger charge is 2.08. The SMILES string of the molecule is COc1ccc(Nc2ccc(C(=O)Nc3ccc(F)cc3)cn2)cc1Cl. The van der Waals surface area contributed by atoms with E-state index in [0.717, 1.165) is 5.69 Å². The molecule has 0 aliphatic rings. The van der Waals surface area contributed by atoms with Crippen LogP contribution in [-0.4, -0.2) is 18.0 Å². The van der Waals surface area contributed by atoms with Gasteiger partial charge in [-0.15, -0.1) is 0 Å². The van der Waals surface area contributed by atoms with E-state index in [4.69, 9.17) is 16.3 Å². The van der Waals surface area contributed by atoms with Crippen molar-refractivity contribution in [2.45, 2.75) is 0 Å². The number of ether oxygens (including phenoxy) is 1. The normalized spacial score (nSPS) is 10.3. The lowest BCUT2D eigenvalue weighted by atomic mass is 10.2. The first-order valence-corrected chi connectivity index (χ1v) is 8.06. The van der Waals surface area contributed by atoms with E-state index in [0.29, 0.717) is 27.8 Å². The summed E-state index contributed by atoms with van der Waals surface area (Å²) in [6, 6.07) is 14.1. The molecule has 1 heterocycles. The first kappa shape index (κ1) is 17.7. The Morgan fingerprint density at radius 2 is 1.81 bits per heavy atom. The lowest BCUT2D eigenvalue weighted by Gasteiger charge is -2.09. The molecule has 2 aromatic carbocycles. The molecule has 5 nitrogen and oxygen atoms in total. The number of anilines is 3. The van der Waals surface area contributed by atoms with Crippen molar-refractivity contribution in [3.8, 4) is 5.75 Å². The molecule has 7 heteroatoms. The van der Waals surface area contributed by atoms with Gasteiger partial charge in [0, 0.05) is 17.6 Å². The summed E-state index contributed by atoms with van der Waals surface area (Å²) < 4.78 is 18.0. The van der Waals surface area contributed by atoms with Gasteiger partial charge in [-0.05, 0) is 54.6 Å². The first-order chi connectivity index (χ1) is 12.5. The van der Waals surface area contributed by atoms with Gasteiger partial charge in [0.1, 0.15) is 17.4 Å². The predicted octanol–water partition coefficient (Wildman–Crippen LogP) is 4.88. The Kier molecular flexibility index (Phi) is 5.34. The van der Waals surface area contributed by atoms with Crippen LogP contribution in [0.2, 0.25) is 5.02 Å². The Morgan fingerprint density at radius 3 is 2.42 bits per heavy atom. The molecule has 2 N–H and O–H groups in total. The van der Waals surface area contributed by atoms with E-state index in [1.165, 1.54) is 30.5 Å². The third-order valence-corrected chi connectivity index (χ3v) is 3.85. The van der Waals surface area contributed by atoms with Crippen LogP contribution in [0.1, 0.15) is 10.4 Å². The Hall–Kier alpha value is -3.12. The highest BCUT2D eigenvalue weighted by Crippen LogP contribution is 2.28. The van der Waals surface area contributed by atoms with Crippen LogP contribution in [0.25, 0.3) is 0 Å². The number of nitrogens with one attached hydrogen (secondary N) is 2. The molecule has 0 bridgehead atoms. The fourth-order valence-electron chi connectivity index (χ4n) is 2.23. The Bertz CT molecular complexity index is 915. The number of hydrogen-bond acceptors (Lipinski definition) is 4. The summed E-state index contributed by atoms with van der Waals surface area (Å²) in [5, 5.41) is 6.25. The van der Waals surface area contributed by atoms with E-state index in [-0.39, 0.29) is 11.7 Å². The molecular weight excluding hydrogens is 357 g/mol. The minimum atomic E-state index is -0.362. The zero-order valence-electron chi connectivity index (χ0n) is 13.8. The molecule has 1 aromatic heterocycles. The van der Waals surface area contributed by atoms with Crippen LogP contribution >= 0.6 is 11.6 Å². The number of halogens is 2. The van der Waals surface area contributed by atoms with Crippen LogP contribution in [0, 0.1) is 5.82 Å². The van der Waals surface area contributed by atoms with Crippen molar-refractivity contribution in [3.63, 3.8) is 0 Å². The Morgan fingerprint density at radius 1 is 1.08 bits per heavy atom. The van der Waals surface area contributed by atoms with Gasteiger partial charge in [0.15, 0.2) is 0 Å². The average Bonchev–Trinajstić information content (AvgIpc) is 2.64. The fraction of sp³-hybridized carbons (Fsp3) is 0.0526. The number of methoxy groups -OCH3 is 1. The van der Waals surface area contributed by atoms with Gasteiger partial charge < -0.3 is 15.4 Å². The van der Waals surface area contributed by atoms with Crippen molar-refractivity contribution in [2.24, 2.45) is 0 Å². The van der Waals surface area contributed by atoms with Crippen molar-refractivity contribution in [1.29, 1.82) is 0 Å². The summed E-state index contributed by atoms with van der Waals surface area (Å²) in [4.78, 5) is 16.4. The van der Waals surface area contributed by atoms with E-state index < -0.39 is 0 Å². The van der Waals surface area contributed by atoms with Crippen LogP contribution in [0.5, 0.6) is 5.75 Å². The van der Waals surface area contributed by atoms with Gasteiger partial charge in [0.25, 0.3) is 5.91 Å². The Labute approximate surface area is 154 Å². The van der Waals surface area contributed by atoms with Crippen LogP contribution in [-0.2, 0) is 0 Å². The lowest BCUT2D eigenvalue weighted by molar-refractivity contribution is 0.102. The number of nitrogens with zero attached hydrogens (tertiary/aromatic N) is 1. The number of benzene rings is 2. The van der Waals surface area contributed by atoms with Gasteiger partial charge in [-0.1, -0.05) is 11.6 Å². The summed E-state index contributed by atoms with van der Waals surface area (Å²) in [7, 11) is 1.55. The molecule has 26 heavy (non-hydrogen) atoms. The van der Waals surface area contributed by atoms with Gasteiger partial charge in [-0.3, -0.25) is 4.79 Å². The number of pyridine rings is 1. The second kappa shape index (κ2) is 7.84. The Balaban J connectivity index is 1.67. The molecule has 132 valence electrons. The number of amides is 1. The number of carbonyl (C=O) groups is 1. The smallest absolute Gasteiger partial charge is 0.257 e. The average molecular weight is 372 g/mol. The monoisotopic (exact) mass is 371 g/mol. The summed E-state index contributed by atoms with van der Waals surface area (Å²) in [6.07, 6.45) is 1.45. The number of hydrogen-bond donors (Lipinski definition) is 2. The molecule has 0 aliphatic carbocycles. The van der Waals surface area contributed by atoms with E-state index in [1.54, 1.807) is 31.4 Å². The molecule has 0 radical (unpaired) electrons. The minimum Gasteiger partial charge on any atom is -0.495 e. The second-order valence-electron chi connectivity index (χ2n) is 5.37. The van der Waals surface area contributed by atoms with Gasteiger partial charge in [-0.25, -0.2) is 9.37 Å². The third-order valence-electron chi connectivity index (χ3n) is 3.55. The van der Waals surface area contributed by atoms with E-state index in [2.05, 4.69) is 15.6 Å². The van der Waals surface area contributed by atoms with Crippen molar-refractivity contribution in [3.05, 3.63) is 77.2 Å². The quantitative estimate of drug-likeness (QED) is 0.671. The molecule has 1 amide bonds. The topological polar surface area (TPSA) is 63.2 Å². The van der Waals surface area contributed by atoms with Crippen LogP contribution in [0.4, 0.5) is 21.6 Å². The molecule has 0 aliphatic heterocycles. The van der Waals surface area contributed by atoms with Crippen molar-refractivity contribution in [1.82, 2.24) is 4.98 Å². The zero-order chi connectivity index (χ0) is 18.5. The number of aromatic nitrogens is 1. The van der Waals surface area contributed by atoms with Gasteiger partial charge >= 0.3 is 0 Å². The lowest BCUT2D eigenvalue weighted by Crippen LogP contribution is -2.12. The molecule has 0 fully saturated rings. The predicted molar refractivity (Wildman–Crippen MR) is 99.9 cm³/mol. The molecule has 0 saturated carbocycles. The first-order valence-electron chi connectivity index (χ1n) is 7.69. The van der Waals surface area contributed by atoms with Crippen molar-refractivity contribution >= 4 is 34.7 Å². The largest absolute Gasteiger partial charge is 0.495 e. The van der Waals surface area contributed by atoms with E-state index in [1.807, 2.05) is 6.07 Å². The summed E-state index contributed by atoms with van der Waals surface area (Å²) in [5.41, 5.74) is 1.63. The van der Waals surface area contributed by atoms with E-state index >= 15 is 0 Å². The third kappa shape index (κ3) is 4.29. The number of carbonyl (C=O) groups excluding carboxylic acids is 1. The highest BCUT2D eigenvalue weighted by atomic mass is 35.5. The van der Waals surface area contributed by atoms with Gasteiger partial charge in [-0.2, -0.15) is 0 Å². The molecular formula is C19H15ClFN3O2. The molecule has 3 rings (SSSR count). The number of rotatable bonds is 5. The standard InChI is InChI=1S/C19H15ClFN3O2/c1-26-17-8-7-15(10-16(17)20)23-18-9-2-12(11-22-18)19(25)24-14-5-3-13(21)4-6-14/h2-11H,1H3,(H,22,23)(H,24,25). The van der Waals surface area contributed by atoms with Crippen LogP contribution < -0.4 is 15.4 Å². The summed E-state index contributed by atoms with van der Waals surface area (Å²) in [5.74, 6) is 0.449. The van der Waals surface area contributed by atoms with Crippen LogP contribution in [0.15, 0.2) is 60.8 Å². The molecule has 3 aromatic rings. The van der Waals surface area contributed by atoms with Gasteiger partial charge in [0.05, 0.1) is 17.7 Å².